The van der Waals surface area contributed by atoms with Gasteiger partial charge in [-0.2, -0.15) is 0 Å². The largest absolute Gasteiger partial charge is 0.491 e. The van der Waals surface area contributed by atoms with E-state index in [0.717, 1.165) is 12.2 Å². The highest BCUT2D eigenvalue weighted by molar-refractivity contribution is 7.10. The van der Waals surface area contributed by atoms with Gasteiger partial charge in [-0.25, -0.2) is 0 Å². The van der Waals surface area contributed by atoms with E-state index in [1.807, 2.05) is 28.9 Å². The summed E-state index contributed by atoms with van der Waals surface area (Å²) in [5.41, 5.74) is 2.46. The predicted molar refractivity (Wildman–Crippen MR) is 138 cm³/mol. The van der Waals surface area contributed by atoms with Gasteiger partial charge in [-0.3, -0.25) is 9.69 Å². The van der Waals surface area contributed by atoms with Gasteiger partial charge in [-0.1, -0.05) is 39.0 Å². The number of carbonyl (C=O) groups is 1. The van der Waals surface area contributed by atoms with Crippen molar-refractivity contribution >= 4 is 17.2 Å². The minimum absolute atomic E-state index is 0.0571. The number of aliphatic hydroxyl groups is 1. The number of amides is 1. The Kier molecular flexibility index (Phi) is 10.1. The summed E-state index contributed by atoms with van der Waals surface area (Å²) < 4.78 is 11.5. The van der Waals surface area contributed by atoms with E-state index in [1.165, 1.54) is 16.0 Å². The van der Waals surface area contributed by atoms with Crippen LogP contribution in [-0.2, 0) is 16.0 Å². The Morgan fingerprint density at radius 1 is 1.32 bits per heavy atom. The van der Waals surface area contributed by atoms with Gasteiger partial charge < -0.3 is 19.5 Å². The molecule has 0 unspecified atom stereocenters. The Hall–Kier alpha value is -2.19. The molecule has 0 saturated carbocycles. The van der Waals surface area contributed by atoms with Crippen LogP contribution in [0, 0.1) is 0 Å². The second-order valence-electron chi connectivity index (χ2n) is 8.99. The maximum Gasteiger partial charge on any atom is 0.237 e. The van der Waals surface area contributed by atoms with Crippen LogP contribution in [0.5, 0.6) is 5.75 Å². The maximum absolute atomic E-state index is 13.4. The monoisotopic (exact) mass is 486 g/mol. The number of aliphatic hydroxyl groups excluding tert-OH is 1. The number of nitrogens with zero attached hydrogens (tertiary/aromatic N) is 2. The molecule has 0 radical (unpaired) electrons. The summed E-state index contributed by atoms with van der Waals surface area (Å²) in [6.45, 7) is 13.0. The fourth-order valence-electron chi connectivity index (χ4n) is 4.22. The Labute approximate surface area is 207 Å². The van der Waals surface area contributed by atoms with E-state index in [-0.39, 0.29) is 25.1 Å². The maximum atomic E-state index is 13.4. The number of likely N-dealkylation sites (N-methyl/N-ethyl adjacent to an activating group) is 1. The highest BCUT2D eigenvalue weighted by atomic mass is 32.1. The van der Waals surface area contributed by atoms with Crippen LogP contribution in [0.2, 0.25) is 0 Å². The third-order valence-electron chi connectivity index (χ3n) is 6.19. The normalized spacial score (nSPS) is 16.5. The van der Waals surface area contributed by atoms with E-state index in [4.69, 9.17) is 9.47 Å². The number of ether oxygens (including phenoxy) is 2. The lowest BCUT2D eigenvalue weighted by atomic mass is 10.00. The highest BCUT2D eigenvalue weighted by Crippen LogP contribution is 2.34. The fraction of sp³-hybridized carbons (Fsp3) is 0.519. The molecule has 2 heterocycles. The van der Waals surface area contributed by atoms with E-state index in [9.17, 15) is 9.90 Å². The Morgan fingerprint density at radius 2 is 2.09 bits per heavy atom. The van der Waals surface area contributed by atoms with Crippen molar-refractivity contribution in [2.24, 2.45) is 0 Å². The molecule has 1 aliphatic heterocycles. The summed E-state index contributed by atoms with van der Waals surface area (Å²) in [7, 11) is 0. The van der Waals surface area contributed by atoms with Crippen LogP contribution in [0.25, 0.3) is 0 Å². The quantitative estimate of drug-likeness (QED) is 0.339. The molecular formula is C27H38N2O4S. The first-order valence-electron chi connectivity index (χ1n) is 12.1. The molecule has 2 aromatic rings. The molecule has 0 bridgehead atoms. The average molecular weight is 487 g/mol. The minimum atomic E-state index is -0.648. The van der Waals surface area contributed by atoms with E-state index >= 15 is 0 Å². The number of rotatable bonds is 13. The second-order valence-corrected chi connectivity index (χ2v) is 10.00. The third-order valence-corrected chi connectivity index (χ3v) is 7.19. The van der Waals surface area contributed by atoms with Crippen LogP contribution in [-0.4, -0.2) is 72.9 Å². The van der Waals surface area contributed by atoms with Crippen molar-refractivity contribution in [2.45, 2.75) is 45.3 Å². The number of carbonyl (C=O) groups excluding carboxylic acids is 1. The molecule has 1 aromatic heterocycles. The third kappa shape index (κ3) is 7.15. The van der Waals surface area contributed by atoms with E-state index in [0.29, 0.717) is 38.8 Å². The molecule has 0 aliphatic carbocycles. The Morgan fingerprint density at radius 3 is 2.76 bits per heavy atom. The van der Waals surface area contributed by atoms with E-state index in [2.05, 4.69) is 44.0 Å². The minimum Gasteiger partial charge on any atom is -0.491 e. The van der Waals surface area contributed by atoms with Crippen LogP contribution in [0.1, 0.15) is 48.7 Å². The first-order chi connectivity index (χ1) is 16.4. The van der Waals surface area contributed by atoms with Gasteiger partial charge in [0.2, 0.25) is 5.91 Å². The highest BCUT2D eigenvalue weighted by Gasteiger charge is 2.33. The van der Waals surface area contributed by atoms with Crippen molar-refractivity contribution in [2.75, 3.05) is 46.0 Å². The van der Waals surface area contributed by atoms with Crippen LogP contribution >= 0.6 is 11.3 Å². The van der Waals surface area contributed by atoms with Crippen molar-refractivity contribution in [3.8, 4) is 5.75 Å². The van der Waals surface area contributed by atoms with Gasteiger partial charge in [0.15, 0.2) is 0 Å². The predicted octanol–water partition coefficient (Wildman–Crippen LogP) is 4.26. The summed E-state index contributed by atoms with van der Waals surface area (Å²) in [4.78, 5) is 18.6. The number of hydrogen-bond donors (Lipinski definition) is 1. The second kappa shape index (κ2) is 13.0. The molecule has 1 aromatic carbocycles. The Bertz CT molecular complexity index is 912. The SMILES string of the molecule is C=CCOC[C@@H](O)CN(CC)CC(=O)N1CCc2sccc2[C@H]1COc1ccc(C(C)C)cc1. The molecule has 2 atom stereocenters. The lowest BCUT2D eigenvalue weighted by molar-refractivity contribution is -0.136. The van der Waals surface area contributed by atoms with Crippen molar-refractivity contribution in [3.05, 3.63) is 64.4 Å². The zero-order valence-electron chi connectivity index (χ0n) is 20.6. The molecule has 3 rings (SSSR count). The number of fused-ring (bicyclic) bond motifs is 1. The zero-order valence-corrected chi connectivity index (χ0v) is 21.4. The standard InChI is InChI=1S/C27H38N2O4S/c1-5-14-32-18-22(30)16-28(6-2)17-27(31)29-13-11-26-24(12-15-34-26)25(29)19-33-23-9-7-21(8-10-23)20(3)4/h5,7-10,12,15,20,22,25,30H,1,6,11,13-14,16-19H2,2-4H3/t22-,25+/m0/s1. The van der Waals surface area contributed by atoms with Crippen molar-refractivity contribution < 1.29 is 19.4 Å². The molecule has 1 amide bonds. The molecule has 0 fully saturated rings. The summed E-state index contributed by atoms with van der Waals surface area (Å²) in [6, 6.07) is 10.2. The van der Waals surface area contributed by atoms with Crippen LogP contribution < -0.4 is 4.74 Å². The lowest BCUT2D eigenvalue weighted by Crippen LogP contribution is -2.48. The van der Waals surface area contributed by atoms with Crippen molar-refractivity contribution in [3.63, 3.8) is 0 Å². The smallest absolute Gasteiger partial charge is 0.237 e. The average Bonchev–Trinajstić information content (AvgIpc) is 3.31. The van der Waals surface area contributed by atoms with Gasteiger partial charge in [-0.05, 0) is 53.6 Å². The van der Waals surface area contributed by atoms with Gasteiger partial charge in [-0.15, -0.1) is 17.9 Å². The fourth-order valence-corrected chi connectivity index (χ4v) is 5.15. The van der Waals surface area contributed by atoms with Gasteiger partial charge in [0.25, 0.3) is 0 Å². The lowest BCUT2D eigenvalue weighted by Gasteiger charge is -2.37. The molecule has 1 N–H and O–H groups in total. The first kappa shape index (κ1) is 26.4. The van der Waals surface area contributed by atoms with Crippen molar-refractivity contribution in [1.82, 2.24) is 9.80 Å². The number of thiophene rings is 1. The first-order valence-corrected chi connectivity index (χ1v) is 13.0. The van der Waals surface area contributed by atoms with Gasteiger partial charge in [0.05, 0.1) is 31.9 Å². The van der Waals surface area contributed by atoms with Crippen LogP contribution in [0.4, 0.5) is 0 Å². The molecule has 186 valence electrons. The molecule has 6 nitrogen and oxygen atoms in total. The topological polar surface area (TPSA) is 62.2 Å². The number of hydrogen-bond acceptors (Lipinski definition) is 6. The number of benzene rings is 1. The molecular weight excluding hydrogens is 448 g/mol. The van der Waals surface area contributed by atoms with Gasteiger partial charge in [0, 0.05) is 18.0 Å². The summed E-state index contributed by atoms with van der Waals surface area (Å²) in [5.74, 6) is 1.35. The molecule has 1 aliphatic rings. The summed E-state index contributed by atoms with van der Waals surface area (Å²) in [5, 5.41) is 12.4. The molecule has 34 heavy (non-hydrogen) atoms. The van der Waals surface area contributed by atoms with Gasteiger partial charge in [0.1, 0.15) is 12.4 Å². The zero-order chi connectivity index (χ0) is 24.5. The van der Waals surface area contributed by atoms with Crippen LogP contribution in [0.3, 0.4) is 0 Å². The molecule has 0 saturated heterocycles. The molecule has 7 heteroatoms. The Balaban J connectivity index is 1.65. The summed E-state index contributed by atoms with van der Waals surface area (Å²) >= 11 is 1.75. The van der Waals surface area contributed by atoms with E-state index < -0.39 is 6.10 Å². The molecule has 0 spiro atoms. The van der Waals surface area contributed by atoms with E-state index in [1.54, 1.807) is 17.4 Å². The summed E-state index contributed by atoms with van der Waals surface area (Å²) in [6.07, 6.45) is 1.87. The van der Waals surface area contributed by atoms with Gasteiger partial charge >= 0.3 is 0 Å². The van der Waals surface area contributed by atoms with Crippen LogP contribution in [0.15, 0.2) is 48.4 Å². The van der Waals surface area contributed by atoms with Crippen molar-refractivity contribution in [1.29, 1.82) is 0 Å².